The average molecular weight is 271 g/mol. The molecule has 1 aliphatic heterocycles. The number of hydrogen-bond acceptors (Lipinski definition) is 3. The summed E-state index contributed by atoms with van der Waals surface area (Å²) in [5.74, 6) is 1.64. The highest BCUT2D eigenvalue weighted by atomic mass is 32.2. The van der Waals surface area contributed by atoms with Crippen LogP contribution in [0.2, 0.25) is 0 Å². The number of nitrogens with zero attached hydrogens (tertiary/aromatic N) is 1. The maximum atomic E-state index is 11.2. The van der Waals surface area contributed by atoms with Gasteiger partial charge < -0.3 is 5.11 Å². The van der Waals surface area contributed by atoms with Gasteiger partial charge in [-0.3, -0.25) is 9.69 Å². The lowest BCUT2D eigenvalue weighted by Gasteiger charge is -2.47. The number of rotatable bonds is 4. The molecule has 1 aliphatic carbocycles. The third kappa shape index (κ3) is 3.21. The average Bonchev–Trinajstić information content (AvgIpc) is 2.79. The van der Waals surface area contributed by atoms with E-state index in [1.165, 1.54) is 37.9 Å². The maximum absolute atomic E-state index is 11.2. The van der Waals surface area contributed by atoms with Crippen LogP contribution < -0.4 is 0 Å². The first-order valence-electron chi connectivity index (χ1n) is 7.06. The van der Waals surface area contributed by atoms with Crippen molar-refractivity contribution < 1.29 is 9.90 Å². The van der Waals surface area contributed by atoms with Crippen LogP contribution in [0.15, 0.2) is 0 Å². The first kappa shape index (κ1) is 14.2. The highest BCUT2D eigenvalue weighted by molar-refractivity contribution is 7.99. The van der Waals surface area contributed by atoms with Crippen LogP contribution in [0.1, 0.15) is 46.0 Å². The van der Waals surface area contributed by atoms with Gasteiger partial charge in [0.1, 0.15) is 0 Å². The lowest BCUT2D eigenvalue weighted by atomic mass is 9.80. The van der Waals surface area contributed by atoms with E-state index in [1.807, 2.05) is 11.8 Å². The van der Waals surface area contributed by atoms with Gasteiger partial charge in [-0.1, -0.05) is 26.7 Å². The predicted octanol–water partition coefficient (Wildman–Crippen LogP) is 2.85. The van der Waals surface area contributed by atoms with Gasteiger partial charge in [-0.05, 0) is 30.4 Å². The predicted molar refractivity (Wildman–Crippen MR) is 76.1 cm³/mol. The normalized spacial score (nSPS) is 28.7. The number of thioether (sulfide) groups is 1. The van der Waals surface area contributed by atoms with Gasteiger partial charge in [0.15, 0.2) is 0 Å². The second-order valence-corrected chi connectivity index (χ2v) is 7.48. The molecule has 2 rings (SSSR count). The minimum atomic E-state index is -0.673. The van der Waals surface area contributed by atoms with Crippen LogP contribution >= 0.6 is 11.8 Å². The van der Waals surface area contributed by atoms with Gasteiger partial charge in [0, 0.05) is 17.8 Å². The zero-order valence-corrected chi connectivity index (χ0v) is 12.3. The van der Waals surface area contributed by atoms with E-state index in [-0.39, 0.29) is 12.0 Å². The Bertz CT molecular complexity index is 300. The molecule has 2 fully saturated rings. The highest BCUT2D eigenvalue weighted by Gasteiger charge is 2.40. The van der Waals surface area contributed by atoms with Crippen molar-refractivity contribution in [3.8, 4) is 0 Å². The fourth-order valence-electron chi connectivity index (χ4n) is 3.35. The molecule has 0 aromatic rings. The van der Waals surface area contributed by atoms with Gasteiger partial charge in [-0.25, -0.2) is 0 Å². The van der Waals surface area contributed by atoms with E-state index in [4.69, 9.17) is 0 Å². The molecular formula is C14H25NO2S. The van der Waals surface area contributed by atoms with Crippen LogP contribution in [0, 0.1) is 5.41 Å². The van der Waals surface area contributed by atoms with Crippen molar-refractivity contribution in [2.45, 2.75) is 58.0 Å². The van der Waals surface area contributed by atoms with Crippen LogP contribution in [0.4, 0.5) is 0 Å². The van der Waals surface area contributed by atoms with Crippen molar-refractivity contribution in [3.05, 3.63) is 0 Å². The zero-order chi connectivity index (χ0) is 13.2. The molecule has 1 saturated heterocycles. The monoisotopic (exact) mass is 271 g/mol. The molecule has 1 unspecified atom stereocenters. The van der Waals surface area contributed by atoms with Crippen LogP contribution in [0.25, 0.3) is 0 Å². The fourth-order valence-corrected chi connectivity index (χ4v) is 5.06. The summed E-state index contributed by atoms with van der Waals surface area (Å²) in [4.78, 5) is 13.5. The molecule has 1 heterocycles. The Hall–Kier alpha value is -0.220. The topological polar surface area (TPSA) is 40.5 Å². The largest absolute Gasteiger partial charge is 0.480 e. The van der Waals surface area contributed by atoms with Gasteiger partial charge in [0.05, 0.1) is 6.54 Å². The molecule has 4 heteroatoms. The molecule has 1 N–H and O–H groups in total. The molecular weight excluding hydrogens is 246 g/mol. The summed E-state index contributed by atoms with van der Waals surface area (Å²) in [5.41, 5.74) is 0.253. The molecule has 0 amide bonds. The van der Waals surface area contributed by atoms with E-state index in [2.05, 4.69) is 18.7 Å². The summed E-state index contributed by atoms with van der Waals surface area (Å²) in [6.07, 6.45) is 6.10. The van der Waals surface area contributed by atoms with Gasteiger partial charge in [0.25, 0.3) is 0 Å². The van der Waals surface area contributed by atoms with Gasteiger partial charge in [0.2, 0.25) is 0 Å². The van der Waals surface area contributed by atoms with Crippen LogP contribution in [0.5, 0.6) is 0 Å². The third-order valence-corrected chi connectivity index (χ3v) is 5.62. The Kier molecular flexibility index (Phi) is 4.59. The molecule has 18 heavy (non-hydrogen) atoms. The minimum Gasteiger partial charge on any atom is -0.480 e. The van der Waals surface area contributed by atoms with Crippen molar-refractivity contribution in [2.75, 3.05) is 18.1 Å². The van der Waals surface area contributed by atoms with Gasteiger partial charge in [-0.15, -0.1) is 0 Å². The van der Waals surface area contributed by atoms with E-state index in [0.29, 0.717) is 12.1 Å². The lowest BCUT2D eigenvalue weighted by molar-refractivity contribution is -0.140. The van der Waals surface area contributed by atoms with E-state index in [1.54, 1.807) is 0 Å². The summed E-state index contributed by atoms with van der Waals surface area (Å²) in [7, 11) is 0. The minimum absolute atomic E-state index is 0.222. The molecule has 1 atom stereocenters. The SMILES string of the molecule is CC1(C)CCSCC1N(CC(=O)O)C1CCCC1. The van der Waals surface area contributed by atoms with Crippen LogP contribution in [0.3, 0.4) is 0 Å². The zero-order valence-electron chi connectivity index (χ0n) is 11.5. The Morgan fingerprint density at radius 3 is 2.61 bits per heavy atom. The molecule has 0 aromatic heterocycles. The number of carboxylic acid groups (broad SMARTS) is 1. The summed E-state index contributed by atoms with van der Waals surface area (Å²) < 4.78 is 0. The second kappa shape index (κ2) is 5.83. The molecule has 1 saturated carbocycles. The van der Waals surface area contributed by atoms with E-state index in [0.717, 1.165) is 5.75 Å². The van der Waals surface area contributed by atoms with Crippen molar-refractivity contribution >= 4 is 17.7 Å². The number of carbonyl (C=O) groups is 1. The fraction of sp³-hybridized carbons (Fsp3) is 0.929. The first-order chi connectivity index (χ1) is 8.50. The first-order valence-corrected chi connectivity index (χ1v) is 8.21. The Balaban J connectivity index is 2.13. The van der Waals surface area contributed by atoms with E-state index in [9.17, 15) is 9.90 Å². The summed E-state index contributed by atoms with van der Waals surface area (Å²) >= 11 is 1.98. The molecule has 0 radical (unpaired) electrons. The number of hydrogen-bond donors (Lipinski definition) is 1. The second-order valence-electron chi connectivity index (χ2n) is 6.33. The molecule has 3 nitrogen and oxygen atoms in total. The van der Waals surface area contributed by atoms with E-state index < -0.39 is 5.97 Å². The molecule has 104 valence electrons. The van der Waals surface area contributed by atoms with Gasteiger partial charge >= 0.3 is 5.97 Å². The van der Waals surface area contributed by atoms with Gasteiger partial charge in [-0.2, -0.15) is 11.8 Å². The number of aliphatic carboxylic acids is 1. The summed E-state index contributed by atoms with van der Waals surface area (Å²) in [5, 5.41) is 9.20. The van der Waals surface area contributed by atoms with Crippen molar-refractivity contribution in [1.29, 1.82) is 0 Å². The lowest BCUT2D eigenvalue weighted by Crippen LogP contribution is -2.54. The smallest absolute Gasteiger partial charge is 0.317 e. The summed E-state index contributed by atoms with van der Waals surface area (Å²) in [6.45, 7) is 4.84. The molecule has 2 aliphatic rings. The third-order valence-electron chi connectivity index (χ3n) is 4.58. The summed E-state index contributed by atoms with van der Waals surface area (Å²) in [6, 6.07) is 0.930. The molecule has 0 spiro atoms. The van der Waals surface area contributed by atoms with Crippen LogP contribution in [-0.4, -0.2) is 46.1 Å². The molecule has 0 aromatic carbocycles. The van der Waals surface area contributed by atoms with E-state index >= 15 is 0 Å². The number of carboxylic acids is 1. The van der Waals surface area contributed by atoms with Crippen molar-refractivity contribution in [2.24, 2.45) is 5.41 Å². The Morgan fingerprint density at radius 1 is 1.39 bits per heavy atom. The molecule has 0 bridgehead atoms. The maximum Gasteiger partial charge on any atom is 0.317 e. The van der Waals surface area contributed by atoms with Crippen molar-refractivity contribution in [1.82, 2.24) is 4.90 Å². The Morgan fingerprint density at radius 2 is 2.06 bits per heavy atom. The Labute approximate surface area is 114 Å². The van der Waals surface area contributed by atoms with Crippen molar-refractivity contribution in [3.63, 3.8) is 0 Å². The standard InChI is InChI=1S/C14H25NO2S/c1-14(2)7-8-18-10-12(14)15(9-13(16)17)11-5-3-4-6-11/h11-12H,3-10H2,1-2H3,(H,16,17). The highest BCUT2D eigenvalue weighted by Crippen LogP contribution is 2.40. The van der Waals surface area contributed by atoms with Crippen LogP contribution in [-0.2, 0) is 4.79 Å². The quantitative estimate of drug-likeness (QED) is 0.853.